The summed E-state index contributed by atoms with van der Waals surface area (Å²) in [6.45, 7) is 0.239. The van der Waals surface area contributed by atoms with Crippen molar-refractivity contribution in [1.29, 1.82) is 0 Å². The van der Waals surface area contributed by atoms with Crippen LogP contribution in [0.1, 0.15) is 16.3 Å². The van der Waals surface area contributed by atoms with E-state index in [2.05, 4.69) is 15.4 Å². The summed E-state index contributed by atoms with van der Waals surface area (Å²) in [7, 11) is 0. The number of aromatic nitrogens is 3. The molecule has 0 fully saturated rings. The molecule has 7 heteroatoms. The molecule has 1 amide bonds. The molecule has 27 heavy (non-hydrogen) atoms. The summed E-state index contributed by atoms with van der Waals surface area (Å²) < 4.78 is 12.8. The largest absolute Gasteiger partial charge is 0.486 e. The molecule has 1 aromatic carbocycles. The highest BCUT2D eigenvalue weighted by atomic mass is 16.5. The van der Waals surface area contributed by atoms with Crippen LogP contribution in [-0.4, -0.2) is 20.7 Å². The van der Waals surface area contributed by atoms with Crippen LogP contribution in [0.3, 0.4) is 0 Å². The minimum atomic E-state index is -0.373. The average Bonchev–Trinajstić information content (AvgIpc) is 3.40. The highest BCUT2D eigenvalue weighted by molar-refractivity contribution is 6.03. The zero-order chi connectivity index (χ0) is 18.5. The summed E-state index contributed by atoms with van der Waals surface area (Å²) in [5.41, 5.74) is 0.532. The zero-order valence-electron chi connectivity index (χ0n) is 14.3. The number of nitrogens with one attached hydrogen (secondary N) is 1. The third-order valence-electron chi connectivity index (χ3n) is 3.77. The Balaban J connectivity index is 1.45. The molecule has 0 atom stereocenters. The van der Waals surface area contributed by atoms with Crippen LogP contribution in [0.2, 0.25) is 0 Å². The molecule has 1 N–H and O–H groups in total. The number of carbonyl (C=O) groups is 1. The number of nitrogens with zero attached hydrogens (tertiary/aromatic N) is 3. The van der Waals surface area contributed by atoms with Gasteiger partial charge in [-0.1, -0.05) is 18.2 Å². The summed E-state index contributed by atoms with van der Waals surface area (Å²) in [6.07, 6.45) is 5.04. The van der Waals surface area contributed by atoms with Crippen molar-refractivity contribution in [3.63, 3.8) is 0 Å². The molecule has 4 aromatic rings. The SMILES string of the molecule is O=C(Nc1cccnc1-n1cccn1)c1ccc(COc2ccccc2)o1. The van der Waals surface area contributed by atoms with Crippen molar-refractivity contribution in [1.82, 2.24) is 14.8 Å². The van der Waals surface area contributed by atoms with Gasteiger partial charge in [0, 0.05) is 18.6 Å². The average molecular weight is 360 g/mol. The predicted molar refractivity (Wildman–Crippen MR) is 98.8 cm³/mol. The molecule has 0 saturated heterocycles. The predicted octanol–water partition coefficient (Wildman–Crippen LogP) is 3.69. The lowest BCUT2D eigenvalue weighted by atomic mass is 10.3. The van der Waals surface area contributed by atoms with Crippen LogP contribution in [0.15, 0.2) is 83.7 Å². The maximum atomic E-state index is 12.5. The van der Waals surface area contributed by atoms with Crippen molar-refractivity contribution in [2.24, 2.45) is 0 Å². The van der Waals surface area contributed by atoms with Gasteiger partial charge in [0.1, 0.15) is 18.1 Å². The minimum Gasteiger partial charge on any atom is -0.486 e. The van der Waals surface area contributed by atoms with Crippen LogP contribution in [0, 0.1) is 0 Å². The van der Waals surface area contributed by atoms with Gasteiger partial charge >= 0.3 is 0 Å². The normalized spacial score (nSPS) is 10.5. The number of furan rings is 1. The van der Waals surface area contributed by atoms with E-state index in [1.54, 1.807) is 53.6 Å². The van der Waals surface area contributed by atoms with E-state index in [1.165, 1.54) is 0 Å². The number of ether oxygens (including phenoxy) is 1. The smallest absolute Gasteiger partial charge is 0.291 e. The first kappa shape index (κ1) is 16.6. The Kier molecular flexibility index (Phi) is 4.65. The van der Waals surface area contributed by atoms with Crippen LogP contribution in [0.5, 0.6) is 5.75 Å². The number of anilines is 1. The van der Waals surface area contributed by atoms with Gasteiger partial charge in [-0.2, -0.15) is 5.10 Å². The van der Waals surface area contributed by atoms with Crippen molar-refractivity contribution in [2.45, 2.75) is 6.61 Å². The number of carbonyl (C=O) groups excluding carboxylic acids is 1. The van der Waals surface area contributed by atoms with E-state index in [4.69, 9.17) is 9.15 Å². The lowest BCUT2D eigenvalue weighted by Gasteiger charge is -2.08. The second-order valence-electron chi connectivity index (χ2n) is 5.65. The Bertz CT molecular complexity index is 1030. The fraction of sp³-hybridized carbons (Fsp3) is 0.0500. The van der Waals surface area contributed by atoms with Gasteiger partial charge in [0.05, 0.1) is 5.69 Å². The van der Waals surface area contributed by atoms with E-state index in [-0.39, 0.29) is 18.3 Å². The Morgan fingerprint density at radius 1 is 1.04 bits per heavy atom. The summed E-state index contributed by atoms with van der Waals surface area (Å²) in [4.78, 5) is 16.8. The third kappa shape index (κ3) is 3.87. The second kappa shape index (κ2) is 7.57. The molecule has 0 aliphatic rings. The standard InChI is InChI=1S/C20H16N4O3/c25-20(23-17-8-4-11-21-19(17)24-13-5-12-22-24)18-10-9-16(27-18)14-26-15-6-2-1-3-7-15/h1-13H,14H2,(H,23,25). The molecule has 4 rings (SSSR count). The molecular weight excluding hydrogens is 344 g/mol. The molecule has 134 valence electrons. The van der Waals surface area contributed by atoms with Crippen molar-refractivity contribution < 1.29 is 13.9 Å². The maximum Gasteiger partial charge on any atom is 0.291 e. The Labute approximate surface area is 155 Å². The van der Waals surface area contributed by atoms with E-state index in [1.807, 2.05) is 30.3 Å². The van der Waals surface area contributed by atoms with Gasteiger partial charge in [0.2, 0.25) is 0 Å². The summed E-state index contributed by atoms with van der Waals surface area (Å²) in [6, 6.07) is 18.0. The molecule has 0 spiro atoms. The minimum absolute atomic E-state index is 0.192. The Hall–Kier alpha value is -3.87. The molecule has 3 heterocycles. The second-order valence-corrected chi connectivity index (χ2v) is 5.65. The quantitative estimate of drug-likeness (QED) is 0.567. The van der Waals surface area contributed by atoms with Gasteiger partial charge in [-0.25, -0.2) is 9.67 Å². The van der Waals surface area contributed by atoms with E-state index in [0.29, 0.717) is 17.3 Å². The Morgan fingerprint density at radius 3 is 2.74 bits per heavy atom. The molecule has 0 aliphatic heterocycles. The molecule has 0 radical (unpaired) electrons. The van der Waals surface area contributed by atoms with E-state index in [9.17, 15) is 4.79 Å². The van der Waals surface area contributed by atoms with Crippen molar-refractivity contribution in [2.75, 3.05) is 5.32 Å². The van der Waals surface area contributed by atoms with Crippen molar-refractivity contribution >= 4 is 11.6 Å². The summed E-state index contributed by atoms with van der Waals surface area (Å²) in [5, 5.41) is 6.95. The van der Waals surface area contributed by atoms with Gasteiger partial charge in [0.15, 0.2) is 11.6 Å². The topological polar surface area (TPSA) is 82.2 Å². The van der Waals surface area contributed by atoms with Crippen LogP contribution in [0.25, 0.3) is 5.82 Å². The highest BCUT2D eigenvalue weighted by Gasteiger charge is 2.15. The molecule has 0 aliphatic carbocycles. The number of amides is 1. The number of benzene rings is 1. The molecular formula is C20H16N4O3. The Morgan fingerprint density at radius 2 is 1.93 bits per heavy atom. The first-order valence-corrected chi connectivity index (χ1v) is 8.32. The van der Waals surface area contributed by atoms with Gasteiger partial charge < -0.3 is 14.5 Å². The zero-order valence-corrected chi connectivity index (χ0v) is 14.3. The van der Waals surface area contributed by atoms with Crippen LogP contribution >= 0.6 is 0 Å². The first-order valence-electron chi connectivity index (χ1n) is 8.32. The summed E-state index contributed by atoms with van der Waals surface area (Å²) >= 11 is 0. The van der Waals surface area contributed by atoms with Gasteiger partial charge in [-0.3, -0.25) is 4.79 Å². The van der Waals surface area contributed by atoms with E-state index >= 15 is 0 Å². The lowest BCUT2D eigenvalue weighted by Crippen LogP contribution is -2.14. The maximum absolute atomic E-state index is 12.5. The molecule has 7 nitrogen and oxygen atoms in total. The lowest BCUT2D eigenvalue weighted by molar-refractivity contribution is 0.0992. The molecule has 0 bridgehead atoms. The van der Waals surface area contributed by atoms with E-state index in [0.717, 1.165) is 5.75 Å². The van der Waals surface area contributed by atoms with Crippen molar-refractivity contribution in [3.05, 3.63) is 90.8 Å². The number of rotatable bonds is 6. The van der Waals surface area contributed by atoms with Gasteiger partial charge in [0.25, 0.3) is 5.91 Å². The van der Waals surface area contributed by atoms with Gasteiger partial charge in [-0.15, -0.1) is 0 Å². The third-order valence-corrected chi connectivity index (χ3v) is 3.77. The molecule has 0 unspecified atom stereocenters. The van der Waals surface area contributed by atoms with Gasteiger partial charge in [-0.05, 0) is 42.5 Å². The first-order chi connectivity index (χ1) is 13.3. The summed E-state index contributed by atoms with van der Waals surface area (Å²) in [5.74, 6) is 1.64. The number of para-hydroxylation sites is 1. The van der Waals surface area contributed by atoms with Crippen molar-refractivity contribution in [3.8, 4) is 11.6 Å². The number of pyridine rings is 1. The van der Waals surface area contributed by atoms with Crippen LogP contribution < -0.4 is 10.1 Å². The van der Waals surface area contributed by atoms with E-state index < -0.39 is 0 Å². The molecule has 3 aromatic heterocycles. The number of hydrogen-bond acceptors (Lipinski definition) is 5. The highest BCUT2D eigenvalue weighted by Crippen LogP contribution is 2.19. The fourth-order valence-electron chi connectivity index (χ4n) is 2.50. The van der Waals surface area contributed by atoms with Crippen LogP contribution in [-0.2, 0) is 6.61 Å². The molecule has 0 saturated carbocycles. The fourth-order valence-corrected chi connectivity index (χ4v) is 2.50. The number of hydrogen-bond donors (Lipinski definition) is 1. The monoisotopic (exact) mass is 360 g/mol. The van der Waals surface area contributed by atoms with Crippen LogP contribution in [0.4, 0.5) is 5.69 Å².